The van der Waals surface area contributed by atoms with Gasteiger partial charge in [0.15, 0.2) is 0 Å². The number of hydrogen-bond acceptors (Lipinski definition) is 3. The van der Waals surface area contributed by atoms with E-state index in [9.17, 15) is 13.2 Å². The van der Waals surface area contributed by atoms with Crippen LogP contribution in [0, 0.1) is 0 Å². The molecule has 0 aliphatic rings. The number of carbonyl (C=O) groups is 1. The van der Waals surface area contributed by atoms with Gasteiger partial charge in [0.05, 0.1) is 6.26 Å². The van der Waals surface area contributed by atoms with Gasteiger partial charge >= 0.3 is 0 Å². The summed E-state index contributed by atoms with van der Waals surface area (Å²) in [6.45, 7) is 2.65. The van der Waals surface area contributed by atoms with E-state index in [4.69, 9.17) is 0 Å². The molecule has 0 saturated carbocycles. The molecule has 0 unspecified atom stereocenters. The van der Waals surface area contributed by atoms with Crippen molar-refractivity contribution in [1.82, 2.24) is 9.62 Å². The molecule has 1 atom stereocenters. The molecule has 0 aliphatic carbocycles. The molecule has 0 heterocycles. The van der Waals surface area contributed by atoms with Crippen molar-refractivity contribution in [1.29, 1.82) is 0 Å². The maximum atomic E-state index is 12.4. The van der Waals surface area contributed by atoms with Crippen LogP contribution in [-0.2, 0) is 14.8 Å². The fraction of sp³-hybridized carbons (Fsp3) is 0.533. The van der Waals surface area contributed by atoms with Crippen molar-refractivity contribution in [2.75, 3.05) is 19.8 Å². The summed E-state index contributed by atoms with van der Waals surface area (Å²) in [4.78, 5) is 12.4. The molecular weight excluding hydrogens is 288 g/mol. The molecule has 0 bridgehead atoms. The third kappa shape index (κ3) is 5.47. The zero-order valence-corrected chi connectivity index (χ0v) is 13.7. The highest BCUT2D eigenvalue weighted by molar-refractivity contribution is 7.88. The van der Waals surface area contributed by atoms with Crippen LogP contribution in [0.3, 0.4) is 0 Å². The van der Waals surface area contributed by atoms with Gasteiger partial charge < -0.3 is 5.32 Å². The monoisotopic (exact) mass is 312 g/mol. The Labute approximate surface area is 127 Å². The number of sulfonamides is 1. The minimum absolute atomic E-state index is 0.287. The van der Waals surface area contributed by atoms with Gasteiger partial charge in [0, 0.05) is 13.6 Å². The molecule has 6 heteroatoms. The van der Waals surface area contributed by atoms with Crippen LogP contribution in [0.25, 0.3) is 0 Å². The number of carbonyl (C=O) groups excluding carboxylic acids is 1. The van der Waals surface area contributed by atoms with E-state index in [0.717, 1.165) is 29.8 Å². The maximum absolute atomic E-state index is 12.4. The van der Waals surface area contributed by atoms with Crippen LogP contribution in [0.2, 0.25) is 0 Å². The standard InChI is InChI=1S/C15H24N2O3S/c1-4-5-9-12-16-15(18)14(17(2)21(3,19)20)13-10-7-6-8-11-13/h6-8,10-11,14H,4-5,9,12H2,1-3H3,(H,16,18)/t14-/m1/s1. The Hall–Kier alpha value is -1.40. The Morgan fingerprint density at radius 3 is 2.38 bits per heavy atom. The van der Waals surface area contributed by atoms with Crippen molar-refractivity contribution in [2.45, 2.75) is 32.2 Å². The van der Waals surface area contributed by atoms with Crippen molar-refractivity contribution in [3.63, 3.8) is 0 Å². The summed E-state index contributed by atoms with van der Waals surface area (Å²) < 4.78 is 24.7. The van der Waals surface area contributed by atoms with Crippen LogP contribution in [0.1, 0.15) is 37.8 Å². The summed E-state index contributed by atoms with van der Waals surface area (Å²) in [7, 11) is -2.03. The van der Waals surface area contributed by atoms with Crippen molar-refractivity contribution in [3.05, 3.63) is 35.9 Å². The van der Waals surface area contributed by atoms with E-state index < -0.39 is 16.1 Å². The summed E-state index contributed by atoms with van der Waals surface area (Å²) in [5.74, 6) is -0.287. The Morgan fingerprint density at radius 1 is 1.24 bits per heavy atom. The van der Waals surface area contributed by atoms with Gasteiger partial charge in [-0.2, -0.15) is 4.31 Å². The van der Waals surface area contributed by atoms with Gasteiger partial charge in [0.25, 0.3) is 0 Å². The van der Waals surface area contributed by atoms with Crippen LogP contribution in [0.15, 0.2) is 30.3 Å². The smallest absolute Gasteiger partial charge is 0.242 e. The second-order valence-corrected chi connectivity index (χ2v) is 7.13. The quantitative estimate of drug-likeness (QED) is 0.746. The van der Waals surface area contributed by atoms with E-state index in [-0.39, 0.29) is 5.91 Å². The molecule has 0 spiro atoms. The lowest BCUT2D eigenvalue weighted by atomic mass is 10.1. The first-order valence-corrected chi connectivity index (χ1v) is 8.98. The molecule has 0 aromatic heterocycles. The van der Waals surface area contributed by atoms with E-state index in [0.29, 0.717) is 12.1 Å². The van der Waals surface area contributed by atoms with E-state index in [1.54, 1.807) is 24.3 Å². The topological polar surface area (TPSA) is 66.5 Å². The normalized spacial score (nSPS) is 13.1. The van der Waals surface area contributed by atoms with E-state index in [1.807, 2.05) is 6.07 Å². The number of likely N-dealkylation sites (N-methyl/N-ethyl adjacent to an activating group) is 1. The van der Waals surface area contributed by atoms with Gasteiger partial charge in [-0.1, -0.05) is 50.1 Å². The highest BCUT2D eigenvalue weighted by Crippen LogP contribution is 2.21. The number of nitrogens with zero attached hydrogens (tertiary/aromatic N) is 1. The number of rotatable bonds is 8. The molecule has 1 amide bonds. The fourth-order valence-electron chi connectivity index (χ4n) is 2.04. The molecule has 0 saturated heterocycles. The lowest BCUT2D eigenvalue weighted by Gasteiger charge is -2.25. The maximum Gasteiger partial charge on any atom is 0.242 e. The molecule has 1 rings (SSSR count). The minimum atomic E-state index is -3.46. The molecule has 1 aromatic carbocycles. The Morgan fingerprint density at radius 2 is 1.86 bits per heavy atom. The number of amides is 1. The van der Waals surface area contributed by atoms with E-state index in [1.165, 1.54) is 7.05 Å². The minimum Gasteiger partial charge on any atom is -0.354 e. The fourth-order valence-corrected chi connectivity index (χ4v) is 2.64. The third-order valence-corrected chi connectivity index (χ3v) is 4.59. The highest BCUT2D eigenvalue weighted by Gasteiger charge is 2.30. The van der Waals surface area contributed by atoms with Crippen LogP contribution in [0.4, 0.5) is 0 Å². The van der Waals surface area contributed by atoms with Crippen molar-refractivity contribution in [2.24, 2.45) is 0 Å². The van der Waals surface area contributed by atoms with Gasteiger partial charge in [-0.15, -0.1) is 0 Å². The molecule has 0 radical (unpaired) electrons. The molecule has 5 nitrogen and oxygen atoms in total. The van der Waals surface area contributed by atoms with Crippen LogP contribution >= 0.6 is 0 Å². The second kappa shape index (κ2) is 8.14. The van der Waals surface area contributed by atoms with Crippen molar-refractivity contribution < 1.29 is 13.2 Å². The Balaban J connectivity index is 2.90. The number of nitrogens with one attached hydrogen (secondary N) is 1. The molecule has 1 aromatic rings. The number of benzene rings is 1. The first kappa shape index (κ1) is 17.7. The largest absolute Gasteiger partial charge is 0.354 e. The molecule has 0 aliphatic heterocycles. The molecule has 0 fully saturated rings. The SMILES string of the molecule is CCCCCNC(=O)[C@@H](c1ccccc1)N(C)S(C)(=O)=O. The molecular formula is C15H24N2O3S. The Bertz CT molecular complexity index is 543. The summed E-state index contributed by atoms with van der Waals surface area (Å²) >= 11 is 0. The van der Waals surface area contributed by atoms with Gasteiger partial charge in [-0.05, 0) is 12.0 Å². The lowest BCUT2D eigenvalue weighted by Crippen LogP contribution is -2.41. The third-order valence-electron chi connectivity index (χ3n) is 3.33. The number of unbranched alkanes of at least 4 members (excludes halogenated alkanes) is 2. The van der Waals surface area contributed by atoms with Gasteiger partial charge in [-0.3, -0.25) is 4.79 Å². The Kier molecular flexibility index (Phi) is 6.84. The van der Waals surface area contributed by atoms with Crippen LogP contribution < -0.4 is 5.32 Å². The average Bonchev–Trinajstić information content (AvgIpc) is 2.44. The summed E-state index contributed by atoms with van der Waals surface area (Å²) in [5, 5.41) is 2.82. The van der Waals surface area contributed by atoms with E-state index >= 15 is 0 Å². The van der Waals surface area contributed by atoms with Crippen molar-refractivity contribution in [3.8, 4) is 0 Å². The zero-order valence-electron chi connectivity index (χ0n) is 12.9. The molecule has 1 N–H and O–H groups in total. The van der Waals surface area contributed by atoms with Crippen molar-refractivity contribution >= 4 is 15.9 Å². The summed E-state index contributed by atoms with van der Waals surface area (Å²) in [6.07, 6.45) is 4.11. The molecule has 21 heavy (non-hydrogen) atoms. The zero-order chi connectivity index (χ0) is 15.9. The highest BCUT2D eigenvalue weighted by atomic mass is 32.2. The first-order valence-electron chi connectivity index (χ1n) is 7.13. The molecule has 118 valence electrons. The van der Waals surface area contributed by atoms with Crippen LogP contribution in [-0.4, -0.2) is 38.5 Å². The van der Waals surface area contributed by atoms with E-state index in [2.05, 4.69) is 12.2 Å². The summed E-state index contributed by atoms with van der Waals surface area (Å²) in [5.41, 5.74) is 0.665. The van der Waals surface area contributed by atoms with Gasteiger partial charge in [0.1, 0.15) is 6.04 Å². The first-order chi connectivity index (χ1) is 9.88. The summed E-state index contributed by atoms with van der Waals surface area (Å²) in [6, 6.07) is 8.12. The second-order valence-electron chi connectivity index (χ2n) is 5.09. The predicted octanol–water partition coefficient (Wildman–Crippen LogP) is 1.93. The van der Waals surface area contributed by atoms with Gasteiger partial charge in [0.2, 0.25) is 15.9 Å². The van der Waals surface area contributed by atoms with Crippen LogP contribution in [0.5, 0.6) is 0 Å². The van der Waals surface area contributed by atoms with Gasteiger partial charge in [-0.25, -0.2) is 8.42 Å². The predicted molar refractivity (Wildman–Crippen MR) is 84.3 cm³/mol. The average molecular weight is 312 g/mol. The lowest BCUT2D eigenvalue weighted by molar-refractivity contribution is -0.124. The number of hydrogen-bond donors (Lipinski definition) is 1.